The molecule has 0 aromatic heterocycles. The Kier molecular flexibility index (Phi) is 15.7. The molecule has 9 atom stereocenters. The lowest BCUT2D eigenvalue weighted by Crippen LogP contribution is -2.51. The fourth-order valence-corrected chi connectivity index (χ4v) is 13.2. The molecule has 63 heavy (non-hydrogen) atoms. The lowest BCUT2D eigenvalue weighted by Gasteiger charge is -2.58. The molecular weight excluding hydrogens is 783 g/mol. The summed E-state index contributed by atoms with van der Waals surface area (Å²) in [5, 5.41) is 13.6. The molecule has 4 aliphatic rings. The molecule has 3 saturated carbocycles. The summed E-state index contributed by atoms with van der Waals surface area (Å²) in [5.41, 5.74) is 4.26. The van der Waals surface area contributed by atoms with E-state index in [-0.39, 0.29) is 30.1 Å². The Morgan fingerprint density at radius 1 is 0.778 bits per heavy atom. The van der Waals surface area contributed by atoms with E-state index in [1.165, 1.54) is 51.4 Å². The predicted molar refractivity (Wildman–Crippen MR) is 254 cm³/mol. The molecule has 0 spiro atoms. The lowest BCUT2D eigenvalue weighted by molar-refractivity contribution is -0.0581. The van der Waals surface area contributed by atoms with Crippen LogP contribution in [0.1, 0.15) is 141 Å². The highest BCUT2D eigenvalue weighted by Crippen LogP contribution is 2.67. The van der Waals surface area contributed by atoms with Gasteiger partial charge in [0.25, 0.3) is 0 Å². The van der Waals surface area contributed by atoms with Crippen LogP contribution in [0.15, 0.2) is 90.5 Å². The van der Waals surface area contributed by atoms with Gasteiger partial charge in [-0.15, -0.1) is 0 Å². The minimum Gasteiger partial charge on any atom is -0.497 e. The first kappa shape index (κ1) is 47.2. The van der Waals surface area contributed by atoms with Crippen molar-refractivity contribution in [2.75, 3.05) is 34.0 Å². The van der Waals surface area contributed by atoms with Gasteiger partial charge in [0.1, 0.15) is 23.2 Å². The molecule has 7 heteroatoms. The molecule has 0 radical (unpaired) electrons. The smallest absolute Gasteiger partial charge is 0.407 e. The number of alkyl carbamates (subject to hydrolysis) is 1. The molecule has 7 rings (SSSR count). The standard InChI is InChI=1S/C56H79NO6/c1-39(2)14-13-15-40(3)50-29-30-51-49-28-23-45-36-48(31-33-54(45,4)52(49)32-34-55(50,51)5)63-53(59)57-35-12-11-16-41(37-58)38-62-56(42-17-9-8-10-18-42,43-19-24-46(60-6)25-20-43)44-21-26-47(61-7)27-22-44/h8-10,17-27,39-41,48-52,58H,11-16,28-38H2,1-7H3,(H,57,59)/t40-,41?,48+,49+,50-,51+,52+,54+,55-/m1/s1. The second-order valence-corrected chi connectivity index (χ2v) is 20.8. The number of ether oxygens (including phenoxy) is 4. The van der Waals surface area contributed by atoms with Crippen LogP contribution in [0.4, 0.5) is 4.79 Å². The van der Waals surface area contributed by atoms with Gasteiger partial charge in [-0.3, -0.25) is 0 Å². The van der Waals surface area contributed by atoms with E-state index in [1.54, 1.807) is 19.8 Å². The van der Waals surface area contributed by atoms with Crippen molar-refractivity contribution in [1.82, 2.24) is 5.32 Å². The minimum atomic E-state index is -0.937. The van der Waals surface area contributed by atoms with Crippen LogP contribution in [0, 0.1) is 52.3 Å². The van der Waals surface area contributed by atoms with E-state index in [1.807, 2.05) is 66.7 Å². The van der Waals surface area contributed by atoms with Gasteiger partial charge in [-0.05, 0) is 145 Å². The van der Waals surface area contributed by atoms with Crippen molar-refractivity contribution in [2.45, 2.75) is 136 Å². The highest BCUT2D eigenvalue weighted by Gasteiger charge is 2.59. The molecule has 4 aliphatic carbocycles. The first-order chi connectivity index (χ1) is 30.4. The Morgan fingerprint density at radius 2 is 1.44 bits per heavy atom. The first-order valence-electron chi connectivity index (χ1n) is 24.7. The van der Waals surface area contributed by atoms with Gasteiger partial charge in [-0.25, -0.2) is 4.79 Å². The molecule has 0 heterocycles. The number of fused-ring (bicyclic) bond motifs is 5. The summed E-state index contributed by atoms with van der Waals surface area (Å²) >= 11 is 0. The van der Waals surface area contributed by atoms with Gasteiger partial charge < -0.3 is 29.4 Å². The Balaban J connectivity index is 0.897. The molecule has 3 aromatic rings. The zero-order chi connectivity index (χ0) is 44.6. The van der Waals surface area contributed by atoms with E-state index in [9.17, 15) is 9.90 Å². The van der Waals surface area contributed by atoms with Crippen LogP contribution in [-0.2, 0) is 15.1 Å². The van der Waals surface area contributed by atoms with E-state index < -0.39 is 5.60 Å². The molecule has 0 bridgehead atoms. The number of amides is 1. The Morgan fingerprint density at radius 3 is 2.08 bits per heavy atom. The topological polar surface area (TPSA) is 86.2 Å². The second kappa shape index (κ2) is 21.0. The number of carbonyl (C=O) groups excluding carboxylic acids is 1. The fourth-order valence-electron chi connectivity index (χ4n) is 13.2. The quantitative estimate of drug-likeness (QED) is 0.0669. The van der Waals surface area contributed by atoms with Crippen LogP contribution < -0.4 is 14.8 Å². The zero-order valence-electron chi connectivity index (χ0n) is 39.7. The Bertz CT molecular complexity index is 1880. The largest absolute Gasteiger partial charge is 0.497 e. The maximum atomic E-state index is 13.1. The summed E-state index contributed by atoms with van der Waals surface area (Å²) in [6.07, 6.45) is 18.5. The highest BCUT2D eigenvalue weighted by atomic mass is 16.6. The van der Waals surface area contributed by atoms with Crippen molar-refractivity contribution in [3.63, 3.8) is 0 Å². The van der Waals surface area contributed by atoms with Crippen molar-refractivity contribution in [1.29, 1.82) is 0 Å². The molecule has 1 amide bonds. The number of allylic oxidation sites excluding steroid dienone is 1. The van der Waals surface area contributed by atoms with Crippen LogP contribution in [-0.4, -0.2) is 51.3 Å². The summed E-state index contributed by atoms with van der Waals surface area (Å²) in [6.45, 7) is 13.4. The number of benzene rings is 3. The number of hydrogen-bond donors (Lipinski definition) is 2. The Hall–Kier alpha value is -3.81. The zero-order valence-corrected chi connectivity index (χ0v) is 39.7. The summed E-state index contributed by atoms with van der Waals surface area (Å²) in [5.74, 6) is 6.37. The van der Waals surface area contributed by atoms with Crippen LogP contribution in [0.25, 0.3) is 0 Å². The molecular formula is C56H79NO6. The van der Waals surface area contributed by atoms with Gasteiger partial charge in [0, 0.05) is 25.5 Å². The van der Waals surface area contributed by atoms with E-state index in [2.05, 4.69) is 58.1 Å². The van der Waals surface area contributed by atoms with Crippen LogP contribution in [0.3, 0.4) is 0 Å². The fraction of sp³-hybridized carbons (Fsp3) is 0.625. The summed E-state index contributed by atoms with van der Waals surface area (Å²) < 4.78 is 24.2. The SMILES string of the molecule is COc1ccc(C(OCC(CO)CCCCNC(=O)O[C@H]2CC[C@@]3(C)C(=CC[C@H]4[C@@H]5CC[C@H]([C@H](C)CCCC(C)C)[C@@]5(C)CC[C@@H]43)C2)(c2ccccc2)c2ccc(OC)cc2)cc1. The third-order valence-electron chi connectivity index (χ3n) is 16.8. The van der Waals surface area contributed by atoms with Gasteiger partial charge in [0.2, 0.25) is 0 Å². The second-order valence-electron chi connectivity index (χ2n) is 20.8. The van der Waals surface area contributed by atoms with Crippen LogP contribution in [0.5, 0.6) is 11.5 Å². The van der Waals surface area contributed by atoms with Crippen LogP contribution in [0.2, 0.25) is 0 Å². The first-order valence-corrected chi connectivity index (χ1v) is 24.7. The van der Waals surface area contributed by atoms with E-state index >= 15 is 0 Å². The molecule has 1 unspecified atom stereocenters. The summed E-state index contributed by atoms with van der Waals surface area (Å²) in [6, 6.07) is 26.3. The van der Waals surface area contributed by atoms with Crippen molar-refractivity contribution in [2.24, 2.45) is 52.3 Å². The maximum absolute atomic E-state index is 13.1. The predicted octanol–water partition coefficient (Wildman–Crippen LogP) is 12.9. The van der Waals surface area contributed by atoms with E-state index in [4.69, 9.17) is 18.9 Å². The average molecular weight is 862 g/mol. The summed E-state index contributed by atoms with van der Waals surface area (Å²) in [7, 11) is 3.33. The van der Waals surface area contributed by atoms with Gasteiger partial charge in [-0.2, -0.15) is 0 Å². The van der Waals surface area contributed by atoms with Crippen molar-refractivity contribution >= 4 is 6.09 Å². The number of unbranched alkanes of at least 4 members (excludes halogenated alkanes) is 1. The minimum absolute atomic E-state index is 0.00187. The lowest BCUT2D eigenvalue weighted by atomic mass is 9.47. The molecule has 344 valence electrons. The molecule has 7 nitrogen and oxygen atoms in total. The summed E-state index contributed by atoms with van der Waals surface area (Å²) in [4.78, 5) is 13.1. The van der Waals surface area contributed by atoms with Gasteiger partial charge in [0.15, 0.2) is 0 Å². The van der Waals surface area contributed by atoms with Gasteiger partial charge in [0.05, 0.1) is 20.8 Å². The van der Waals surface area contributed by atoms with Gasteiger partial charge >= 0.3 is 6.09 Å². The van der Waals surface area contributed by atoms with Gasteiger partial charge in [-0.1, -0.05) is 127 Å². The third kappa shape index (κ3) is 10.2. The normalized spacial score (nSPS) is 27.6. The maximum Gasteiger partial charge on any atom is 0.407 e. The third-order valence-corrected chi connectivity index (χ3v) is 16.8. The number of nitrogens with one attached hydrogen (secondary N) is 1. The van der Waals surface area contributed by atoms with Crippen molar-refractivity contribution in [3.8, 4) is 11.5 Å². The monoisotopic (exact) mass is 862 g/mol. The van der Waals surface area contributed by atoms with E-state index in [0.29, 0.717) is 18.6 Å². The van der Waals surface area contributed by atoms with Crippen molar-refractivity contribution in [3.05, 3.63) is 107 Å². The number of carbonyl (C=O) groups is 1. The number of aliphatic hydroxyl groups is 1. The molecule has 3 fully saturated rings. The number of methoxy groups -OCH3 is 2. The average Bonchev–Trinajstić information content (AvgIpc) is 3.66. The van der Waals surface area contributed by atoms with Crippen molar-refractivity contribution < 1.29 is 28.8 Å². The Labute approximate surface area is 380 Å². The van der Waals surface area contributed by atoms with Crippen LogP contribution >= 0.6 is 0 Å². The number of rotatable bonds is 20. The molecule has 0 aliphatic heterocycles. The van der Waals surface area contributed by atoms with E-state index in [0.717, 1.165) is 102 Å². The number of hydrogen-bond acceptors (Lipinski definition) is 6. The number of aliphatic hydroxyl groups excluding tert-OH is 1. The highest BCUT2D eigenvalue weighted by molar-refractivity contribution is 5.67. The molecule has 0 saturated heterocycles. The molecule has 3 aromatic carbocycles. The molecule has 2 N–H and O–H groups in total.